The van der Waals surface area contributed by atoms with Crippen LogP contribution in [0.15, 0.2) is 12.7 Å². The maximum Gasteiger partial charge on any atom is 0.222 e. The fraction of sp³-hybridized carbons (Fsp3) is 0.769. The van der Waals surface area contributed by atoms with Gasteiger partial charge in [-0.05, 0) is 25.2 Å². The Morgan fingerprint density at radius 2 is 2.11 bits per heavy atom. The summed E-state index contributed by atoms with van der Waals surface area (Å²) in [6.45, 7) is 6.01. The summed E-state index contributed by atoms with van der Waals surface area (Å²) in [5, 5.41) is 4.17. The third-order valence-corrected chi connectivity index (χ3v) is 3.56. The molecule has 0 spiro atoms. The van der Waals surface area contributed by atoms with Crippen LogP contribution in [0.5, 0.6) is 0 Å². The summed E-state index contributed by atoms with van der Waals surface area (Å²) < 4.78 is 1.91. The van der Waals surface area contributed by atoms with Gasteiger partial charge in [0.05, 0.1) is 6.04 Å². The first-order chi connectivity index (χ1) is 8.66. The lowest BCUT2D eigenvalue weighted by Gasteiger charge is -2.32. The first-order valence-corrected chi connectivity index (χ1v) is 6.78. The largest absolute Gasteiger partial charge is 0.343 e. The summed E-state index contributed by atoms with van der Waals surface area (Å²) in [5.74, 6) is 0.905. The molecule has 1 aromatic rings. The summed E-state index contributed by atoms with van der Waals surface area (Å²) >= 11 is 0. The van der Waals surface area contributed by atoms with Gasteiger partial charge in [0.25, 0.3) is 0 Å². The molecule has 1 aliphatic heterocycles. The first kappa shape index (κ1) is 13.1. The maximum atomic E-state index is 12.0. The highest BCUT2D eigenvalue weighted by atomic mass is 16.2. The molecule has 5 heteroatoms. The van der Waals surface area contributed by atoms with E-state index in [1.807, 2.05) is 9.58 Å². The third-order valence-electron chi connectivity index (χ3n) is 3.56. The minimum absolute atomic E-state index is 0.306. The van der Waals surface area contributed by atoms with Crippen molar-refractivity contribution in [3.8, 4) is 0 Å². The Labute approximate surface area is 108 Å². The Kier molecular flexibility index (Phi) is 4.33. The Morgan fingerprint density at radius 3 is 2.67 bits per heavy atom. The molecular weight excluding hydrogens is 228 g/mol. The molecule has 18 heavy (non-hydrogen) atoms. The summed E-state index contributed by atoms with van der Waals surface area (Å²) in [6, 6.07) is 0.404. The molecule has 0 atom stereocenters. The number of likely N-dealkylation sites (tertiary alicyclic amines) is 1. The zero-order valence-electron chi connectivity index (χ0n) is 11.2. The number of nitrogens with zero attached hydrogens (tertiary/aromatic N) is 4. The molecule has 1 aliphatic rings. The lowest BCUT2D eigenvalue weighted by Crippen LogP contribution is -2.39. The van der Waals surface area contributed by atoms with Crippen molar-refractivity contribution in [1.82, 2.24) is 19.7 Å². The van der Waals surface area contributed by atoms with E-state index in [0.29, 0.717) is 24.3 Å². The SMILES string of the molecule is CC(C)CCC(=O)N1CCC(n2cncn2)CC1. The van der Waals surface area contributed by atoms with Crippen LogP contribution in [0.3, 0.4) is 0 Å². The lowest BCUT2D eigenvalue weighted by molar-refractivity contribution is -0.132. The molecule has 0 aliphatic carbocycles. The Hall–Kier alpha value is -1.39. The van der Waals surface area contributed by atoms with E-state index >= 15 is 0 Å². The average molecular weight is 250 g/mol. The van der Waals surface area contributed by atoms with Crippen molar-refractivity contribution in [2.45, 2.75) is 45.6 Å². The zero-order valence-corrected chi connectivity index (χ0v) is 11.2. The molecule has 0 bridgehead atoms. The van der Waals surface area contributed by atoms with Gasteiger partial charge in [-0.2, -0.15) is 5.10 Å². The molecule has 1 aromatic heterocycles. The minimum Gasteiger partial charge on any atom is -0.343 e. The van der Waals surface area contributed by atoms with Gasteiger partial charge >= 0.3 is 0 Å². The predicted molar refractivity (Wildman–Crippen MR) is 68.9 cm³/mol. The van der Waals surface area contributed by atoms with Gasteiger partial charge in [-0.3, -0.25) is 4.79 Å². The molecule has 0 radical (unpaired) electrons. The number of hydrogen-bond donors (Lipinski definition) is 0. The summed E-state index contributed by atoms with van der Waals surface area (Å²) in [6.07, 6.45) is 6.97. The molecule has 1 saturated heterocycles. The van der Waals surface area contributed by atoms with Gasteiger partial charge in [0, 0.05) is 19.5 Å². The Morgan fingerprint density at radius 1 is 1.39 bits per heavy atom. The van der Waals surface area contributed by atoms with Crippen LogP contribution in [0.25, 0.3) is 0 Å². The molecule has 0 N–H and O–H groups in total. The van der Waals surface area contributed by atoms with Gasteiger partial charge in [-0.15, -0.1) is 0 Å². The second kappa shape index (κ2) is 5.98. The minimum atomic E-state index is 0.306. The third kappa shape index (κ3) is 3.31. The molecule has 1 amide bonds. The van der Waals surface area contributed by atoms with Gasteiger partial charge in [0.1, 0.15) is 12.7 Å². The van der Waals surface area contributed by atoms with Crippen LogP contribution in [-0.4, -0.2) is 38.7 Å². The molecule has 0 unspecified atom stereocenters. The van der Waals surface area contributed by atoms with Gasteiger partial charge in [-0.25, -0.2) is 9.67 Å². The fourth-order valence-electron chi connectivity index (χ4n) is 2.36. The predicted octanol–water partition coefficient (Wildman–Crippen LogP) is 1.88. The molecule has 0 aromatic carbocycles. The van der Waals surface area contributed by atoms with Crippen molar-refractivity contribution in [1.29, 1.82) is 0 Å². The second-order valence-electron chi connectivity index (χ2n) is 5.42. The van der Waals surface area contributed by atoms with E-state index in [-0.39, 0.29) is 0 Å². The van der Waals surface area contributed by atoms with Crippen molar-refractivity contribution in [2.24, 2.45) is 5.92 Å². The number of rotatable bonds is 4. The van der Waals surface area contributed by atoms with Crippen LogP contribution in [-0.2, 0) is 4.79 Å². The van der Waals surface area contributed by atoms with Crippen LogP contribution in [0.4, 0.5) is 0 Å². The van der Waals surface area contributed by atoms with Crippen molar-refractivity contribution >= 4 is 5.91 Å². The molecule has 5 nitrogen and oxygen atoms in total. The highest BCUT2D eigenvalue weighted by Crippen LogP contribution is 2.22. The quantitative estimate of drug-likeness (QED) is 0.819. The fourth-order valence-corrected chi connectivity index (χ4v) is 2.36. The van der Waals surface area contributed by atoms with E-state index in [0.717, 1.165) is 32.4 Å². The smallest absolute Gasteiger partial charge is 0.222 e. The van der Waals surface area contributed by atoms with Gasteiger partial charge in [0.2, 0.25) is 5.91 Å². The van der Waals surface area contributed by atoms with Gasteiger partial charge in [0.15, 0.2) is 0 Å². The molecule has 0 saturated carbocycles. The number of amides is 1. The lowest BCUT2D eigenvalue weighted by atomic mass is 10.0. The Balaban J connectivity index is 1.78. The summed E-state index contributed by atoms with van der Waals surface area (Å²) in [4.78, 5) is 18.0. The van der Waals surface area contributed by atoms with E-state index in [9.17, 15) is 4.79 Å². The second-order valence-corrected chi connectivity index (χ2v) is 5.42. The van der Waals surface area contributed by atoms with E-state index in [1.165, 1.54) is 0 Å². The maximum absolute atomic E-state index is 12.0. The summed E-state index contributed by atoms with van der Waals surface area (Å²) in [7, 11) is 0. The highest BCUT2D eigenvalue weighted by molar-refractivity contribution is 5.76. The topological polar surface area (TPSA) is 51.0 Å². The summed E-state index contributed by atoms with van der Waals surface area (Å²) in [5.41, 5.74) is 0. The van der Waals surface area contributed by atoms with E-state index in [4.69, 9.17) is 0 Å². The number of hydrogen-bond acceptors (Lipinski definition) is 3. The molecule has 2 rings (SSSR count). The standard InChI is InChI=1S/C13H22N4O/c1-11(2)3-4-13(18)16-7-5-12(6-8-16)17-10-14-9-15-17/h9-12H,3-8H2,1-2H3. The zero-order chi connectivity index (χ0) is 13.0. The van der Waals surface area contributed by atoms with Crippen LogP contribution in [0.1, 0.15) is 45.6 Å². The molecule has 2 heterocycles. The van der Waals surface area contributed by atoms with Crippen molar-refractivity contribution in [2.75, 3.05) is 13.1 Å². The van der Waals surface area contributed by atoms with Crippen molar-refractivity contribution in [3.63, 3.8) is 0 Å². The van der Waals surface area contributed by atoms with Crippen LogP contribution >= 0.6 is 0 Å². The van der Waals surface area contributed by atoms with Gasteiger partial charge in [-0.1, -0.05) is 13.8 Å². The van der Waals surface area contributed by atoms with Crippen LogP contribution < -0.4 is 0 Å². The monoisotopic (exact) mass is 250 g/mol. The Bertz CT molecular complexity index is 366. The van der Waals surface area contributed by atoms with E-state index in [2.05, 4.69) is 23.9 Å². The van der Waals surface area contributed by atoms with Gasteiger partial charge < -0.3 is 4.90 Å². The number of aromatic nitrogens is 3. The average Bonchev–Trinajstić information content (AvgIpc) is 2.90. The first-order valence-electron chi connectivity index (χ1n) is 6.78. The van der Waals surface area contributed by atoms with Crippen LogP contribution in [0.2, 0.25) is 0 Å². The van der Waals surface area contributed by atoms with E-state index in [1.54, 1.807) is 12.7 Å². The van der Waals surface area contributed by atoms with E-state index < -0.39 is 0 Å². The molecule has 1 fully saturated rings. The number of piperidine rings is 1. The molecular formula is C13H22N4O. The van der Waals surface area contributed by atoms with Crippen LogP contribution in [0, 0.1) is 5.92 Å². The molecule has 100 valence electrons. The highest BCUT2D eigenvalue weighted by Gasteiger charge is 2.23. The normalized spacial score (nSPS) is 17.4. The van der Waals surface area contributed by atoms with Crippen molar-refractivity contribution < 1.29 is 4.79 Å². The number of carbonyl (C=O) groups excluding carboxylic acids is 1. The number of carbonyl (C=O) groups is 1. The van der Waals surface area contributed by atoms with Crippen molar-refractivity contribution in [3.05, 3.63) is 12.7 Å².